The van der Waals surface area contributed by atoms with Crippen LogP contribution < -0.4 is 4.74 Å². The lowest BCUT2D eigenvalue weighted by Crippen LogP contribution is -2.39. The molecule has 1 atom stereocenters. The number of hydrogen-bond donors (Lipinski definition) is 0. The van der Waals surface area contributed by atoms with E-state index in [0.717, 1.165) is 18.8 Å². The molecule has 0 bridgehead atoms. The third-order valence-corrected chi connectivity index (χ3v) is 5.07. The van der Waals surface area contributed by atoms with Gasteiger partial charge in [-0.25, -0.2) is 0 Å². The molecule has 0 unspecified atom stereocenters. The fourth-order valence-corrected chi connectivity index (χ4v) is 3.85. The highest BCUT2D eigenvalue weighted by molar-refractivity contribution is 5.46. The first-order valence-electron chi connectivity index (χ1n) is 7.67. The molecule has 1 aromatic rings. The van der Waals surface area contributed by atoms with Crippen molar-refractivity contribution in [2.75, 3.05) is 33.9 Å². The lowest BCUT2D eigenvalue weighted by molar-refractivity contribution is 0.0421. The highest BCUT2D eigenvalue weighted by atomic mass is 16.5. The molecule has 0 amide bonds. The summed E-state index contributed by atoms with van der Waals surface area (Å²) in [6.45, 7) is 5.22. The van der Waals surface area contributed by atoms with E-state index in [1.807, 2.05) is 0 Å². The summed E-state index contributed by atoms with van der Waals surface area (Å²) in [5.41, 5.74) is 3.16. The van der Waals surface area contributed by atoms with Crippen LogP contribution in [-0.4, -0.2) is 38.8 Å². The Kier molecular flexibility index (Phi) is 3.74. The summed E-state index contributed by atoms with van der Waals surface area (Å²) in [6, 6.07) is 6.53. The van der Waals surface area contributed by atoms with E-state index in [-0.39, 0.29) is 6.10 Å². The third kappa shape index (κ3) is 2.23. The molecule has 1 aliphatic heterocycles. The first-order valence-corrected chi connectivity index (χ1v) is 7.67. The molecule has 1 aliphatic carbocycles. The van der Waals surface area contributed by atoms with Crippen molar-refractivity contribution in [2.24, 2.45) is 0 Å². The van der Waals surface area contributed by atoms with Gasteiger partial charge in [0.05, 0.1) is 13.2 Å². The van der Waals surface area contributed by atoms with E-state index in [4.69, 9.17) is 9.47 Å². The Bertz CT molecular complexity index is 478. The van der Waals surface area contributed by atoms with Crippen LogP contribution in [0.4, 0.5) is 0 Å². The predicted octanol–water partition coefficient (Wildman–Crippen LogP) is 3.14. The number of rotatable bonds is 3. The van der Waals surface area contributed by atoms with E-state index in [2.05, 4.69) is 37.1 Å². The van der Waals surface area contributed by atoms with E-state index < -0.39 is 0 Å². The van der Waals surface area contributed by atoms with Crippen molar-refractivity contribution in [1.29, 1.82) is 0 Å². The number of methoxy groups -OCH3 is 1. The Labute approximate surface area is 121 Å². The van der Waals surface area contributed by atoms with Gasteiger partial charge in [-0.1, -0.05) is 6.07 Å². The van der Waals surface area contributed by atoms with Gasteiger partial charge in [0.15, 0.2) is 0 Å². The van der Waals surface area contributed by atoms with Gasteiger partial charge in [0.25, 0.3) is 0 Å². The topological polar surface area (TPSA) is 21.7 Å². The fourth-order valence-electron chi connectivity index (χ4n) is 3.85. The standard InChI is InChI=1S/C17H25NO2/c1-4-20-16-12-17(7-9-18(2)10-8-17)15-11-13(19-3)5-6-14(15)16/h5-6,11,16H,4,7-10,12H2,1-3H3/t16-/m0/s1. The second-order valence-corrected chi connectivity index (χ2v) is 6.18. The van der Waals surface area contributed by atoms with Crippen molar-refractivity contribution < 1.29 is 9.47 Å². The average molecular weight is 275 g/mol. The molecule has 0 saturated carbocycles. The Morgan fingerprint density at radius 3 is 2.70 bits per heavy atom. The van der Waals surface area contributed by atoms with Crippen LogP contribution in [0.25, 0.3) is 0 Å². The zero-order chi connectivity index (χ0) is 14.2. The van der Waals surface area contributed by atoms with Crippen LogP contribution >= 0.6 is 0 Å². The van der Waals surface area contributed by atoms with Gasteiger partial charge in [0, 0.05) is 12.0 Å². The highest BCUT2D eigenvalue weighted by Gasteiger charge is 2.45. The Morgan fingerprint density at radius 2 is 2.05 bits per heavy atom. The molecule has 1 saturated heterocycles. The molecule has 1 fully saturated rings. The first-order chi connectivity index (χ1) is 9.68. The van der Waals surface area contributed by atoms with Gasteiger partial charge in [-0.3, -0.25) is 0 Å². The maximum Gasteiger partial charge on any atom is 0.119 e. The number of piperidine rings is 1. The average Bonchev–Trinajstić information content (AvgIpc) is 2.77. The van der Waals surface area contributed by atoms with Gasteiger partial charge >= 0.3 is 0 Å². The third-order valence-electron chi connectivity index (χ3n) is 5.07. The molecule has 1 aromatic carbocycles. The summed E-state index contributed by atoms with van der Waals surface area (Å²) < 4.78 is 11.4. The largest absolute Gasteiger partial charge is 0.497 e. The number of hydrogen-bond acceptors (Lipinski definition) is 3. The zero-order valence-corrected chi connectivity index (χ0v) is 12.8. The fraction of sp³-hybridized carbons (Fsp3) is 0.647. The Hall–Kier alpha value is -1.06. The number of ether oxygens (including phenoxy) is 2. The van der Waals surface area contributed by atoms with Crippen molar-refractivity contribution in [3.05, 3.63) is 29.3 Å². The van der Waals surface area contributed by atoms with Crippen molar-refractivity contribution in [2.45, 2.75) is 37.7 Å². The number of benzene rings is 1. The number of nitrogens with zero attached hydrogens (tertiary/aromatic N) is 1. The summed E-state index contributed by atoms with van der Waals surface area (Å²) in [6.07, 6.45) is 3.86. The van der Waals surface area contributed by atoms with Crippen LogP contribution in [0.1, 0.15) is 43.4 Å². The molecule has 3 nitrogen and oxygen atoms in total. The minimum absolute atomic E-state index is 0.268. The van der Waals surface area contributed by atoms with Crippen LogP contribution in [0.15, 0.2) is 18.2 Å². The molecular weight excluding hydrogens is 250 g/mol. The van der Waals surface area contributed by atoms with Gasteiger partial charge in [-0.2, -0.15) is 0 Å². The Morgan fingerprint density at radius 1 is 1.30 bits per heavy atom. The normalized spacial score (nSPS) is 24.9. The molecule has 3 rings (SSSR count). The van der Waals surface area contributed by atoms with Crippen LogP contribution in [-0.2, 0) is 10.2 Å². The minimum Gasteiger partial charge on any atom is -0.497 e. The van der Waals surface area contributed by atoms with Crippen molar-refractivity contribution in [3.8, 4) is 5.75 Å². The highest BCUT2D eigenvalue weighted by Crippen LogP contribution is 2.52. The van der Waals surface area contributed by atoms with E-state index in [1.54, 1.807) is 7.11 Å². The molecule has 2 aliphatic rings. The number of fused-ring (bicyclic) bond motifs is 2. The molecule has 0 aromatic heterocycles. The second kappa shape index (κ2) is 5.38. The SMILES string of the molecule is CCO[C@H]1CC2(CCN(C)CC2)c2cc(OC)ccc21. The molecule has 20 heavy (non-hydrogen) atoms. The smallest absolute Gasteiger partial charge is 0.119 e. The molecule has 3 heteroatoms. The summed E-state index contributed by atoms with van der Waals surface area (Å²) in [4.78, 5) is 2.43. The van der Waals surface area contributed by atoms with E-state index in [0.29, 0.717) is 5.41 Å². The summed E-state index contributed by atoms with van der Waals surface area (Å²) in [5.74, 6) is 0.971. The summed E-state index contributed by atoms with van der Waals surface area (Å²) >= 11 is 0. The van der Waals surface area contributed by atoms with Crippen molar-refractivity contribution in [3.63, 3.8) is 0 Å². The maximum absolute atomic E-state index is 6.00. The van der Waals surface area contributed by atoms with Gasteiger partial charge in [0.1, 0.15) is 5.75 Å². The van der Waals surface area contributed by atoms with Crippen LogP contribution in [0, 0.1) is 0 Å². The lowest BCUT2D eigenvalue weighted by Gasteiger charge is -2.38. The van der Waals surface area contributed by atoms with Crippen molar-refractivity contribution >= 4 is 0 Å². The molecule has 110 valence electrons. The first kappa shape index (κ1) is 13.9. The number of likely N-dealkylation sites (tertiary alicyclic amines) is 1. The van der Waals surface area contributed by atoms with Gasteiger partial charge in [-0.15, -0.1) is 0 Å². The minimum atomic E-state index is 0.268. The Balaban J connectivity index is 1.98. The molecule has 0 N–H and O–H groups in total. The van der Waals surface area contributed by atoms with Gasteiger partial charge in [0.2, 0.25) is 0 Å². The predicted molar refractivity (Wildman–Crippen MR) is 80.4 cm³/mol. The lowest BCUT2D eigenvalue weighted by atomic mass is 9.74. The van der Waals surface area contributed by atoms with Crippen LogP contribution in [0.2, 0.25) is 0 Å². The van der Waals surface area contributed by atoms with Gasteiger partial charge in [-0.05, 0) is 69.6 Å². The van der Waals surface area contributed by atoms with Crippen LogP contribution in [0.5, 0.6) is 5.75 Å². The van der Waals surface area contributed by atoms with E-state index in [9.17, 15) is 0 Å². The molecule has 0 radical (unpaired) electrons. The molecule has 1 heterocycles. The molecular formula is C17H25NO2. The zero-order valence-electron chi connectivity index (χ0n) is 12.8. The second-order valence-electron chi connectivity index (χ2n) is 6.18. The summed E-state index contributed by atoms with van der Waals surface area (Å²) in [7, 11) is 3.96. The quantitative estimate of drug-likeness (QED) is 0.846. The summed E-state index contributed by atoms with van der Waals surface area (Å²) in [5, 5.41) is 0. The van der Waals surface area contributed by atoms with Crippen LogP contribution in [0.3, 0.4) is 0 Å². The monoisotopic (exact) mass is 275 g/mol. The van der Waals surface area contributed by atoms with E-state index in [1.165, 1.54) is 37.1 Å². The molecule has 1 spiro atoms. The maximum atomic E-state index is 6.00. The van der Waals surface area contributed by atoms with E-state index >= 15 is 0 Å². The van der Waals surface area contributed by atoms with Gasteiger partial charge < -0.3 is 14.4 Å². The van der Waals surface area contributed by atoms with Crippen molar-refractivity contribution in [1.82, 2.24) is 4.90 Å².